The Kier molecular flexibility index (Phi) is 10.0. The molecule has 230 valence electrons. The van der Waals surface area contributed by atoms with Crippen molar-refractivity contribution in [3.63, 3.8) is 0 Å². The van der Waals surface area contributed by atoms with Gasteiger partial charge in [0.05, 0.1) is 18.8 Å². The van der Waals surface area contributed by atoms with Crippen LogP contribution in [0.15, 0.2) is 107 Å². The molecule has 0 aliphatic carbocycles. The summed E-state index contributed by atoms with van der Waals surface area (Å²) in [5, 5.41) is 21.9. The third kappa shape index (κ3) is 7.69. The zero-order valence-corrected chi connectivity index (χ0v) is 26.8. The number of ether oxygens (including phenoxy) is 2. The highest BCUT2D eigenvalue weighted by Crippen LogP contribution is 2.43. The monoisotopic (exact) mass is 637 g/mol. The van der Waals surface area contributed by atoms with Crippen LogP contribution < -0.4 is 5.32 Å². The largest absolute Gasteiger partial charge is 0.392 e. The van der Waals surface area contributed by atoms with E-state index in [1.807, 2.05) is 73.7 Å². The first-order valence-corrected chi connectivity index (χ1v) is 16.7. The normalized spacial score (nSPS) is 19.7. The van der Waals surface area contributed by atoms with E-state index in [1.165, 1.54) is 0 Å². The van der Waals surface area contributed by atoms with E-state index in [0.29, 0.717) is 12.1 Å². The highest BCUT2D eigenvalue weighted by molar-refractivity contribution is 8.01. The van der Waals surface area contributed by atoms with Crippen molar-refractivity contribution in [2.45, 2.75) is 49.8 Å². The van der Waals surface area contributed by atoms with Crippen molar-refractivity contribution in [2.75, 3.05) is 5.75 Å². The number of amides is 1. The number of benzene rings is 4. The fourth-order valence-corrected chi connectivity index (χ4v) is 7.37. The second-order valence-electron chi connectivity index (χ2n) is 11.1. The molecule has 0 radical (unpaired) electrons. The Balaban J connectivity index is 1.18. The fraction of sp³-hybridized carbons (Fsp3) is 0.250. The molecule has 45 heavy (non-hydrogen) atoms. The molecule has 1 amide bonds. The summed E-state index contributed by atoms with van der Waals surface area (Å²) in [6.45, 7) is 4.57. The van der Waals surface area contributed by atoms with Gasteiger partial charge in [-0.3, -0.25) is 4.79 Å². The van der Waals surface area contributed by atoms with Crippen molar-refractivity contribution in [3.8, 4) is 11.1 Å². The molecule has 4 aromatic carbocycles. The standard InChI is InChI=1S/C36H35N3O4S2/c1-23-32(22-44-36-39-38-24(2)45-36)42-35(43-33(23)28-13-11-25(21-40)12-14-28)30-17-15-27(16-18-30)31-10-6-7-26(19-31)20-37-34(41)29-8-4-3-5-9-29/h3-19,23,32-33,35,40H,20-22H2,1-2H3,(H,37,41)/t23-,32+,33+,35+/m0/s1. The second-order valence-corrected chi connectivity index (χ2v) is 13.5. The Morgan fingerprint density at radius 3 is 2.33 bits per heavy atom. The fourth-order valence-electron chi connectivity index (χ4n) is 5.37. The lowest BCUT2D eigenvalue weighted by Gasteiger charge is -2.41. The highest BCUT2D eigenvalue weighted by Gasteiger charge is 2.38. The van der Waals surface area contributed by atoms with Crippen molar-refractivity contribution in [3.05, 3.63) is 136 Å². The van der Waals surface area contributed by atoms with Crippen molar-refractivity contribution < 1.29 is 19.4 Å². The van der Waals surface area contributed by atoms with Crippen LogP contribution in [0.3, 0.4) is 0 Å². The first kappa shape index (κ1) is 31.1. The van der Waals surface area contributed by atoms with Gasteiger partial charge in [-0.25, -0.2) is 0 Å². The second kappa shape index (κ2) is 14.5. The van der Waals surface area contributed by atoms with Crippen molar-refractivity contribution in [1.29, 1.82) is 0 Å². The molecule has 6 rings (SSSR count). The third-order valence-electron chi connectivity index (χ3n) is 7.93. The molecule has 2 heterocycles. The van der Waals surface area contributed by atoms with Gasteiger partial charge in [0.25, 0.3) is 5.91 Å². The lowest BCUT2D eigenvalue weighted by atomic mass is 9.91. The Bertz CT molecular complexity index is 1710. The van der Waals surface area contributed by atoms with Crippen LogP contribution in [-0.2, 0) is 22.6 Å². The number of nitrogens with zero attached hydrogens (tertiary/aromatic N) is 2. The zero-order valence-electron chi connectivity index (χ0n) is 25.1. The first-order valence-electron chi connectivity index (χ1n) is 14.9. The summed E-state index contributed by atoms with van der Waals surface area (Å²) in [4.78, 5) is 12.5. The molecule has 1 saturated heterocycles. The van der Waals surface area contributed by atoms with Gasteiger partial charge in [-0.1, -0.05) is 115 Å². The van der Waals surface area contributed by atoms with Crippen molar-refractivity contribution in [1.82, 2.24) is 15.5 Å². The van der Waals surface area contributed by atoms with Crippen LogP contribution in [0.5, 0.6) is 0 Å². The van der Waals surface area contributed by atoms with Gasteiger partial charge in [-0.05, 0) is 52.9 Å². The molecule has 0 unspecified atom stereocenters. The summed E-state index contributed by atoms with van der Waals surface area (Å²) in [5.74, 6) is 0.726. The van der Waals surface area contributed by atoms with Crippen LogP contribution in [0.1, 0.15) is 56.9 Å². The van der Waals surface area contributed by atoms with Gasteiger partial charge in [0.1, 0.15) is 5.01 Å². The molecular weight excluding hydrogens is 603 g/mol. The van der Waals surface area contributed by atoms with E-state index in [4.69, 9.17) is 9.47 Å². The van der Waals surface area contributed by atoms with Gasteiger partial charge in [0.15, 0.2) is 10.6 Å². The lowest BCUT2D eigenvalue weighted by Crippen LogP contribution is -2.38. The molecule has 1 aliphatic heterocycles. The lowest BCUT2D eigenvalue weighted by molar-refractivity contribution is -0.268. The average molecular weight is 638 g/mol. The van der Waals surface area contributed by atoms with E-state index in [2.05, 4.69) is 58.8 Å². The minimum Gasteiger partial charge on any atom is -0.392 e. The predicted molar refractivity (Wildman–Crippen MR) is 178 cm³/mol. The Labute approximate surface area is 271 Å². The highest BCUT2D eigenvalue weighted by atomic mass is 32.2. The molecule has 0 bridgehead atoms. The van der Waals surface area contributed by atoms with E-state index < -0.39 is 6.29 Å². The molecular formula is C36H35N3O4S2. The molecule has 2 N–H and O–H groups in total. The summed E-state index contributed by atoms with van der Waals surface area (Å²) in [5.41, 5.74) is 6.66. The van der Waals surface area contributed by atoms with E-state index in [9.17, 15) is 9.90 Å². The molecule has 1 aromatic heterocycles. The Morgan fingerprint density at radius 1 is 0.867 bits per heavy atom. The van der Waals surface area contributed by atoms with Gasteiger partial charge in [-0.15, -0.1) is 10.2 Å². The maximum atomic E-state index is 12.5. The first-order chi connectivity index (χ1) is 22.0. The summed E-state index contributed by atoms with van der Waals surface area (Å²) < 4.78 is 14.2. The predicted octanol–water partition coefficient (Wildman–Crippen LogP) is 7.52. The number of aliphatic hydroxyl groups excluding tert-OH is 1. The van der Waals surface area contributed by atoms with Gasteiger partial charge in [-0.2, -0.15) is 0 Å². The summed E-state index contributed by atoms with van der Waals surface area (Å²) in [6.07, 6.45) is -0.803. The number of aromatic nitrogens is 2. The Morgan fingerprint density at radius 2 is 1.62 bits per heavy atom. The third-order valence-corrected chi connectivity index (χ3v) is 9.99. The quantitative estimate of drug-likeness (QED) is 0.153. The molecule has 9 heteroatoms. The smallest absolute Gasteiger partial charge is 0.251 e. The number of aliphatic hydroxyl groups is 1. The zero-order chi connectivity index (χ0) is 31.2. The average Bonchev–Trinajstić information content (AvgIpc) is 3.52. The van der Waals surface area contributed by atoms with Crippen molar-refractivity contribution >= 4 is 29.0 Å². The SMILES string of the molecule is Cc1nnc(SC[C@H]2O[C@@H](c3ccc(-c4cccc(CNC(=O)c5ccccc5)c4)cc3)O[C@@H](c3ccc(CO)cc3)[C@H]2C)s1. The van der Waals surface area contributed by atoms with Gasteiger partial charge in [0, 0.05) is 29.3 Å². The van der Waals surface area contributed by atoms with Crippen LogP contribution >= 0.6 is 23.1 Å². The van der Waals surface area contributed by atoms with E-state index in [1.54, 1.807) is 23.1 Å². The number of thioether (sulfide) groups is 1. The maximum Gasteiger partial charge on any atom is 0.251 e. The van der Waals surface area contributed by atoms with Gasteiger partial charge < -0.3 is 19.9 Å². The van der Waals surface area contributed by atoms with Gasteiger partial charge >= 0.3 is 0 Å². The molecule has 7 nitrogen and oxygen atoms in total. The number of carbonyl (C=O) groups is 1. The minimum absolute atomic E-state index is 0.00516. The molecule has 0 saturated carbocycles. The molecule has 4 atom stereocenters. The van der Waals surface area contributed by atoms with E-state index in [-0.39, 0.29) is 30.6 Å². The van der Waals surface area contributed by atoms with Crippen molar-refractivity contribution in [2.24, 2.45) is 5.92 Å². The van der Waals surface area contributed by atoms with Gasteiger partial charge in [0.2, 0.25) is 0 Å². The molecule has 5 aromatic rings. The van der Waals surface area contributed by atoms with Crippen LogP contribution in [0.4, 0.5) is 0 Å². The summed E-state index contributed by atoms with van der Waals surface area (Å²) in [7, 11) is 0. The molecule has 0 spiro atoms. The Hall–Kier alpha value is -3.86. The number of rotatable bonds is 10. The van der Waals surface area contributed by atoms with E-state index >= 15 is 0 Å². The van der Waals surface area contributed by atoms with Crippen LogP contribution in [-0.4, -0.2) is 33.1 Å². The number of hydrogen-bond donors (Lipinski definition) is 2. The number of carbonyl (C=O) groups excluding carboxylic acids is 1. The van der Waals surface area contributed by atoms with Crippen LogP contribution in [0.25, 0.3) is 11.1 Å². The topological polar surface area (TPSA) is 93.6 Å². The van der Waals surface area contributed by atoms with Crippen LogP contribution in [0.2, 0.25) is 0 Å². The summed E-state index contributed by atoms with van der Waals surface area (Å²) in [6, 6.07) is 33.7. The molecule has 1 fully saturated rings. The summed E-state index contributed by atoms with van der Waals surface area (Å²) >= 11 is 3.25. The maximum absolute atomic E-state index is 12.5. The van der Waals surface area contributed by atoms with Crippen LogP contribution in [0, 0.1) is 12.8 Å². The number of nitrogens with one attached hydrogen (secondary N) is 1. The van der Waals surface area contributed by atoms with E-state index in [0.717, 1.165) is 48.5 Å². The number of hydrogen-bond acceptors (Lipinski definition) is 8. The molecule has 1 aliphatic rings. The minimum atomic E-state index is -0.543. The number of aryl methyl sites for hydroxylation is 1.